The Kier molecular flexibility index (Phi) is 4.19. The van der Waals surface area contributed by atoms with E-state index in [0.717, 1.165) is 5.56 Å². The van der Waals surface area contributed by atoms with E-state index in [-0.39, 0.29) is 5.91 Å². The van der Waals surface area contributed by atoms with Crippen molar-refractivity contribution in [2.75, 3.05) is 0 Å². The van der Waals surface area contributed by atoms with Crippen LogP contribution >= 0.6 is 0 Å². The van der Waals surface area contributed by atoms with Gasteiger partial charge in [-0.2, -0.15) is 5.10 Å². The number of amides is 1. The molecule has 1 amide bonds. The van der Waals surface area contributed by atoms with E-state index < -0.39 is 0 Å². The fourth-order valence-electron chi connectivity index (χ4n) is 1.44. The van der Waals surface area contributed by atoms with Crippen molar-refractivity contribution in [1.29, 1.82) is 0 Å². The van der Waals surface area contributed by atoms with Gasteiger partial charge in [-0.25, -0.2) is 5.43 Å². The molecule has 0 saturated heterocycles. The minimum Gasteiger partial charge on any atom is -0.267 e. The second kappa shape index (κ2) is 6.30. The summed E-state index contributed by atoms with van der Waals surface area (Å²) >= 11 is 0. The summed E-state index contributed by atoms with van der Waals surface area (Å²) in [5.74, 6) is -0.235. The van der Waals surface area contributed by atoms with Gasteiger partial charge in [0.15, 0.2) is 0 Å². The molecule has 0 aliphatic rings. The summed E-state index contributed by atoms with van der Waals surface area (Å²) in [6.45, 7) is 0. The lowest BCUT2D eigenvalue weighted by Gasteiger charge is -1.98. The number of nitrogens with zero attached hydrogens (tertiary/aromatic N) is 2. The van der Waals surface area contributed by atoms with E-state index in [2.05, 4.69) is 15.5 Å². The van der Waals surface area contributed by atoms with Crippen molar-refractivity contribution in [2.45, 2.75) is 6.42 Å². The Bertz CT molecular complexity index is 523. The first-order valence-corrected chi connectivity index (χ1v) is 5.62. The van der Waals surface area contributed by atoms with Crippen molar-refractivity contribution in [3.8, 4) is 0 Å². The lowest BCUT2D eigenvalue weighted by molar-refractivity contribution is 0.0955. The Labute approximate surface area is 105 Å². The molecule has 4 heteroatoms. The molecule has 4 nitrogen and oxygen atoms in total. The van der Waals surface area contributed by atoms with Gasteiger partial charge in [0.2, 0.25) is 0 Å². The molecule has 0 fully saturated rings. The third-order valence-electron chi connectivity index (χ3n) is 2.37. The average Bonchev–Trinajstić information content (AvgIpc) is 2.45. The first kappa shape index (κ1) is 12.0. The van der Waals surface area contributed by atoms with Crippen LogP contribution in [0.5, 0.6) is 0 Å². The molecular weight excluding hydrogens is 226 g/mol. The van der Waals surface area contributed by atoms with E-state index in [9.17, 15) is 4.79 Å². The van der Waals surface area contributed by atoms with Gasteiger partial charge in [0.1, 0.15) is 0 Å². The number of pyridine rings is 1. The molecule has 2 rings (SSSR count). The van der Waals surface area contributed by atoms with Crippen molar-refractivity contribution >= 4 is 12.1 Å². The predicted molar refractivity (Wildman–Crippen MR) is 70.3 cm³/mol. The summed E-state index contributed by atoms with van der Waals surface area (Å²) in [6.07, 6.45) is 5.51. The monoisotopic (exact) mass is 239 g/mol. The minimum absolute atomic E-state index is 0.235. The Hall–Kier alpha value is -2.49. The van der Waals surface area contributed by atoms with E-state index >= 15 is 0 Å². The zero-order valence-corrected chi connectivity index (χ0v) is 9.78. The molecule has 18 heavy (non-hydrogen) atoms. The quantitative estimate of drug-likeness (QED) is 0.655. The molecule has 2 aromatic rings. The van der Waals surface area contributed by atoms with Crippen molar-refractivity contribution in [1.82, 2.24) is 10.4 Å². The van der Waals surface area contributed by atoms with E-state index in [0.29, 0.717) is 12.0 Å². The number of hydrogen-bond acceptors (Lipinski definition) is 3. The molecular formula is C14H13N3O. The molecule has 90 valence electrons. The topological polar surface area (TPSA) is 54.4 Å². The summed E-state index contributed by atoms with van der Waals surface area (Å²) in [7, 11) is 0. The summed E-state index contributed by atoms with van der Waals surface area (Å²) in [5.41, 5.74) is 4.17. The highest BCUT2D eigenvalue weighted by molar-refractivity contribution is 5.94. The molecule has 0 aliphatic carbocycles. The van der Waals surface area contributed by atoms with Gasteiger partial charge in [0.25, 0.3) is 5.91 Å². The van der Waals surface area contributed by atoms with Crippen molar-refractivity contribution in [3.05, 3.63) is 66.0 Å². The summed E-state index contributed by atoms with van der Waals surface area (Å²) < 4.78 is 0. The number of hydrogen-bond donors (Lipinski definition) is 1. The fourth-order valence-corrected chi connectivity index (χ4v) is 1.44. The first-order valence-electron chi connectivity index (χ1n) is 5.62. The van der Waals surface area contributed by atoms with Crippen LogP contribution in [-0.4, -0.2) is 17.1 Å². The number of nitrogens with one attached hydrogen (secondary N) is 1. The number of carbonyl (C=O) groups excluding carboxylic acids is 1. The van der Waals surface area contributed by atoms with E-state index in [1.54, 1.807) is 30.7 Å². The summed E-state index contributed by atoms with van der Waals surface area (Å²) in [6, 6.07) is 13.2. The Morgan fingerprint density at radius 1 is 1.17 bits per heavy atom. The van der Waals surface area contributed by atoms with Crippen LogP contribution < -0.4 is 5.43 Å². The molecule has 0 aliphatic heterocycles. The lowest BCUT2D eigenvalue weighted by atomic mass is 10.2. The maximum atomic E-state index is 11.6. The third kappa shape index (κ3) is 3.52. The second-order valence-corrected chi connectivity index (χ2v) is 3.68. The zero-order valence-electron chi connectivity index (χ0n) is 9.78. The smallest absolute Gasteiger partial charge is 0.267 e. The zero-order chi connectivity index (χ0) is 12.6. The maximum Gasteiger partial charge on any atom is 0.271 e. The number of aromatic nitrogens is 1. The fraction of sp³-hybridized carbons (Fsp3) is 0.0714. The second-order valence-electron chi connectivity index (χ2n) is 3.68. The molecule has 0 atom stereocenters. The number of carbonyl (C=O) groups is 1. The lowest BCUT2D eigenvalue weighted by Crippen LogP contribution is -2.17. The molecule has 0 spiro atoms. The van der Waals surface area contributed by atoms with Crippen LogP contribution in [0, 0.1) is 0 Å². The highest BCUT2D eigenvalue weighted by Gasteiger charge is 2.01. The number of benzene rings is 1. The molecule has 1 heterocycles. The van der Waals surface area contributed by atoms with Crippen molar-refractivity contribution < 1.29 is 4.79 Å². The minimum atomic E-state index is -0.235. The average molecular weight is 239 g/mol. The highest BCUT2D eigenvalue weighted by Crippen LogP contribution is 1.98. The van der Waals surface area contributed by atoms with Crippen molar-refractivity contribution in [3.63, 3.8) is 0 Å². The first-order chi connectivity index (χ1) is 8.86. The van der Waals surface area contributed by atoms with Crippen LogP contribution in [0.25, 0.3) is 0 Å². The summed E-state index contributed by atoms with van der Waals surface area (Å²) in [4.78, 5) is 15.4. The standard InChI is InChI=1S/C14H13N3O/c18-14(13-7-9-15-10-8-13)17-16-11-6-12-4-2-1-3-5-12/h1-5,7-11H,6H2,(H,17,18)/b16-11-. The van der Waals surface area contributed by atoms with Crippen LogP contribution in [0.4, 0.5) is 0 Å². The van der Waals surface area contributed by atoms with E-state index in [4.69, 9.17) is 0 Å². The van der Waals surface area contributed by atoms with Gasteiger partial charge < -0.3 is 0 Å². The van der Waals surface area contributed by atoms with Gasteiger partial charge in [-0.15, -0.1) is 0 Å². The van der Waals surface area contributed by atoms with Gasteiger partial charge >= 0.3 is 0 Å². The van der Waals surface area contributed by atoms with Crippen molar-refractivity contribution in [2.24, 2.45) is 5.10 Å². The van der Waals surface area contributed by atoms with Crippen LogP contribution in [0.1, 0.15) is 15.9 Å². The van der Waals surface area contributed by atoms with Gasteiger partial charge in [-0.3, -0.25) is 9.78 Å². The van der Waals surface area contributed by atoms with E-state index in [1.807, 2.05) is 30.3 Å². The number of rotatable bonds is 4. The van der Waals surface area contributed by atoms with Crippen LogP contribution in [0.3, 0.4) is 0 Å². The molecule has 1 aromatic heterocycles. The maximum absolute atomic E-state index is 11.6. The largest absolute Gasteiger partial charge is 0.271 e. The third-order valence-corrected chi connectivity index (χ3v) is 2.37. The Balaban J connectivity index is 1.83. The van der Waals surface area contributed by atoms with Gasteiger partial charge in [-0.05, 0) is 17.7 Å². The van der Waals surface area contributed by atoms with Gasteiger partial charge in [0.05, 0.1) is 0 Å². The number of hydrazone groups is 1. The van der Waals surface area contributed by atoms with Crippen LogP contribution in [0.2, 0.25) is 0 Å². The predicted octanol–water partition coefficient (Wildman–Crippen LogP) is 2.04. The normalized spacial score (nSPS) is 10.4. The molecule has 1 N–H and O–H groups in total. The van der Waals surface area contributed by atoms with Crippen LogP contribution in [-0.2, 0) is 6.42 Å². The molecule has 1 aromatic carbocycles. The van der Waals surface area contributed by atoms with Gasteiger partial charge in [0, 0.05) is 30.6 Å². The highest BCUT2D eigenvalue weighted by atomic mass is 16.2. The molecule has 0 unspecified atom stereocenters. The van der Waals surface area contributed by atoms with Crippen LogP contribution in [0.15, 0.2) is 60.0 Å². The molecule has 0 saturated carbocycles. The van der Waals surface area contributed by atoms with Gasteiger partial charge in [-0.1, -0.05) is 30.3 Å². The molecule has 0 bridgehead atoms. The Morgan fingerprint density at radius 3 is 2.61 bits per heavy atom. The summed E-state index contributed by atoms with van der Waals surface area (Å²) in [5, 5.41) is 3.90. The van der Waals surface area contributed by atoms with E-state index in [1.165, 1.54) is 0 Å². The SMILES string of the molecule is O=C(N/N=C\Cc1ccccc1)c1ccncc1. The Morgan fingerprint density at radius 2 is 1.89 bits per heavy atom. The molecule has 0 radical (unpaired) electrons.